The fraction of sp³-hybridized carbons (Fsp3) is 0.667. The Hall–Kier alpha value is -1.60. The molecular weight excluding hydrogens is 372 g/mol. The van der Waals surface area contributed by atoms with Crippen LogP contribution in [0.25, 0.3) is 0 Å². The zero-order chi connectivity index (χ0) is 20.2. The molecule has 0 aliphatic carbocycles. The van der Waals surface area contributed by atoms with E-state index in [1.807, 2.05) is 13.8 Å². The zero-order valence-electron chi connectivity index (χ0n) is 17.4. The smallest absolute Gasteiger partial charge is 0.193 e. The molecular formula is C21H34N4O2S. The van der Waals surface area contributed by atoms with Gasteiger partial charge in [0, 0.05) is 39.8 Å². The Morgan fingerprint density at radius 3 is 2.68 bits per heavy atom. The number of nitrogens with zero attached hydrogens (tertiary/aromatic N) is 3. The van der Waals surface area contributed by atoms with Gasteiger partial charge >= 0.3 is 0 Å². The molecule has 0 amide bonds. The molecule has 1 aromatic rings. The monoisotopic (exact) mass is 406 g/mol. The van der Waals surface area contributed by atoms with E-state index in [1.54, 1.807) is 7.05 Å². The first kappa shape index (κ1) is 21.1. The third-order valence-corrected chi connectivity index (χ3v) is 8.57. The third kappa shape index (κ3) is 5.06. The molecule has 2 fully saturated rings. The predicted molar refractivity (Wildman–Crippen MR) is 115 cm³/mol. The Morgan fingerprint density at radius 2 is 2.00 bits per heavy atom. The van der Waals surface area contributed by atoms with Gasteiger partial charge in [0.25, 0.3) is 0 Å². The van der Waals surface area contributed by atoms with Crippen molar-refractivity contribution >= 4 is 15.8 Å². The summed E-state index contributed by atoms with van der Waals surface area (Å²) in [5.41, 5.74) is 1.40. The van der Waals surface area contributed by atoms with Crippen LogP contribution in [0.1, 0.15) is 25.8 Å². The second kappa shape index (κ2) is 8.82. The van der Waals surface area contributed by atoms with Gasteiger partial charge in [0.05, 0.1) is 10.5 Å². The SMILES string of the molecule is CN=C(NCC1CCN(CCc2ccccc2)C1)N1CCS(=O)(=O)C(C)(C)C1. The summed E-state index contributed by atoms with van der Waals surface area (Å²) in [7, 11) is -1.26. The summed E-state index contributed by atoms with van der Waals surface area (Å²) < 4.78 is 23.7. The molecule has 156 valence electrons. The first-order valence-corrected chi connectivity index (χ1v) is 11.9. The van der Waals surface area contributed by atoms with Crippen LogP contribution >= 0.6 is 0 Å². The van der Waals surface area contributed by atoms with Crippen molar-refractivity contribution in [3.8, 4) is 0 Å². The quantitative estimate of drug-likeness (QED) is 0.595. The van der Waals surface area contributed by atoms with Crippen molar-refractivity contribution in [3.05, 3.63) is 35.9 Å². The molecule has 0 saturated carbocycles. The van der Waals surface area contributed by atoms with E-state index < -0.39 is 14.6 Å². The number of nitrogens with one attached hydrogen (secondary N) is 1. The van der Waals surface area contributed by atoms with Gasteiger partial charge < -0.3 is 15.1 Å². The molecule has 2 aliphatic heterocycles. The molecule has 0 aromatic heterocycles. The van der Waals surface area contributed by atoms with E-state index in [2.05, 4.69) is 50.4 Å². The maximum atomic E-state index is 12.2. The molecule has 1 aromatic carbocycles. The van der Waals surface area contributed by atoms with Gasteiger partial charge in [0.2, 0.25) is 0 Å². The van der Waals surface area contributed by atoms with Crippen molar-refractivity contribution in [2.24, 2.45) is 10.9 Å². The maximum absolute atomic E-state index is 12.2. The molecule has 7 heteroatoms. The average Bonchev–Trinajstić information content (AvgIpc) is 3.12. The van der Waals surface area contributed by atoms with Crippen molar-refractivity contribution in [1.82, 2.24) is 15.1 Å². The van der Waals surface area contributed by atoms with Crippen molar-refractivity contribution in [2.75, 3.05) is 52.1 Å². The Kier molecular flexibility index (Phi) is 6.65. The van der Waals surface area contributed by atoms with Crippen LogP contribution in [0.5, 0.6) is 0 Å². The minimum atomic E-state index is -3.03. The molecule has 1 N–H and O–H groups in total. The second-order valence-electron chi connectivity index (χ2n) is 8.62. The summed E-state index contributed by atoms with van der Waals surface area (Å²) in [6.45, 7) is 8.87. The van der Waals surface area contributed by atoms with E-state index in [9.17, 15) is 8.42 Å². The lowest BCUT2D eigenvalue weighted by atomic mass is 10.1. The molecule has 0 bridgehead atoms. The topological polar surface area (TPSA) is 65.0 Å². The lowest BCUT2D eigenvalue weighted by Gasteiger charge is -2.39. The standard InChI is InChI=1S/C21H34N4O2S/c1-21(2)17-25(13-14-28(21,26)27)20(22-3)23-15-19-10-12-24(16-19)11-9-18-7-5-4-6-8-18/h4-8,19H,9-17H2,1-3H3,(H,22,23). The average molecular weight is 407 g/mol. The first-order chi connectivity index (χ1) is 13.3. The summed E-state index contributed by atoms with van der Waals surface area (Å²) in [6.07, 6.45) is 2.29. The number of hydrogen-bond donors (Lipinski definition) is 1. The van der Waals surface area contributed by atoms with Crippen LogP contribution in [0.15, 0.2) is 35.3 Å². The lowest BCUT2D eigenvalue weighted by Crippen LogP contribution is -2.57. The number of aliphatic imine (C=N–C) groups is 1. The van der Waals surface area contributed by atoms with Crippen molar-refractivity contribution in [1.29, 1.82) is 0 Å². The molecule has 0 spiro atoms. The minimum Gasteiger partial charge on any atom is -0.356 e. The highest BCUT2D eigenvalue weighted by atomic mass is 32.2. The Bertz CT molecular complexity index is 777. The van der Waals surface area contributed by atoms with E-state index in [1.165, 1.54) is 12.0 Å². The fourth-order valence-electron chi connectivity index (χ4n) is 4.11. The number of benzene rings is 1. The zero-order valence-corrected chi connectivity index (χ0v) is 18.2. The molecule has 3 rings (SSSR count). The van der Waals surface area contributed by atoms with Crippen LogP contribution in [0.4, 0.5) is 0 Å². The fourth-order valence-corrected chi connectivity index (χ4v) is 5.47. The van der Waals surface area contributed by atoms with Gasteiger partial charge in [-0.3, -0.25) is 4.99 Å². The molecule has 2 saturated heterocycles. The van der Waals surface area contributed by atoms with Crippen LogP contribution in [-0.2, 0) is 16.3 Å². The van der Waals surface area contributed by atoms with E-state index in [0.29, 0.717) is 19.0 Å². The van der Waals surface area contributed by atoms with Gasteiger partial charge in [-0.15, -0.1) is 0 Å². The molecule has 28 heavy (non-hydrogen) atoms. The molecule has 2 aliphatic rings. The van der Waals surface area contributed by atoms with Crippen molar-refractivity contribution in [3.63, 3.8) is 0 Å². The lowest BCUT2D eigenvalue weighted by molar-refractivity contribution is 0.324. The summed E-state index contributed by atoms with van der Waals surface area (Å²) >= 11 is 0. The molecule has 1 unspecified atom stereocenters. The van der Waals surface area contributed by atoms with Gasteiger partial charge in [-0.2, -0.15) is 0 Å². The van der Waals surface area contributed by atoms with E-state index >= 15 is 0 Å². The number of sulfone groups is 1. The number of guanidine groups is 1. The summed E-state index contributed by atoms with van der Waals surface area (Å²) in [5.74, 6) is 1.62. The summed E-state index contributed by atoms with van der Waals surface area (Å²) in [5, 5.41) is 3.49. The Balaban J connectivity index is 1.45. The van der Waals surface area contributed by atoms with Crippen LogP contribution in [0.2, 0.25) is 0 Å². The molecule has 2 heterocycles. The van der Waals surface area contributed by atoms with Crippen LogP contribution < -0.4 is 5.32 Å². The van der Waals surface area contributed by atoms with Gasteiger partial charge in [-0.05, 0) is 44.7 Å². The van der Waals surface area contributed by atoms with Gasteiger partial charge in [-0.25, -0.2) is 8.42 Å². The van der Waals surface area contributed by atoms with Crippen LogP contribution in [-0.4, -0.2) is 81.0 Å². The van der Waals surface area contributed by atoms with Crippen molar-refractivity contribution < 1.29 is 8.42 Å². The highest BCUT2D eigenvalue weighted by molar-refractivity contribution is 7.92. The van der Waals surface area contributed by atoms with Gasteiger partial charge in [0.15, 0.2) is 15.8 Å². The highest BCUT2D eigenvalue weighted by Crippen LogP contribution is 2.24. The molecule has 0 radical (unpaired) electrons. The maximum Gasteiger partial charge on any atom is 0.193 e. The van der Waals surface area contributed by atoms with Gasteiger partial charge in [0.1, 0.15) is 0 Å². The highest BCUT2D eigenvalue weighted by Gasteiger charge is 2.41. The van der Waals surface area contributed by atoms with E-state index in [0.717, 1.165) is 38.6 Å². The van der Waals surface area contributed by atoms with Crippen LogP contribution in [0, 0.1) is 5.92 Å². The van der Waals surface area contributed by atoms with E-state index in [4.69, 9.17) is 0 Å². The number of hydrogen-bond acceptors (Lipinski definition) is 4. The normalized spacial score (nSPS) is 25.0. The minimum absolute atomic E-state index is 0.192. The number of likely N-dealkylation sites (tertiary alicyclic amines) is 1. The molecule has 1 atom stereocenters. The Labute approximate surface area is 169 Å². The number of rotatable bonds is 5. The summed E-state index contributed by atoms with van der Waals surface area (Å²) in [4.78, 5) is 9.03. The van der Waals surface area contributed by atoms with E-state index in [-0.39, 0.29) is 5.75 Å². The predicted octanol–water partition coefficient (Wildman–Crippen LogP) is 1.64. The van der Waals surface area contributed by atoms with Crippen molar-refractivity contribution in [2.45, 2.75) is 31.4 Å². The largest absolute Gasteiger partial charge is 0.356 e. The second-order valence-corrected chi connectivity index (χ2v) is 11.4. The first-order valence-electron chi connectivity index (χ1n) is 10.2. The Morgan fingerprint density at radius 1 is 1.25 bits per heavy atom. The molecule has 6 nitrogen and oxygen atoms in total. The van der Waals surface area contributed by atoms with Crippen LogP contribution in [0.3, 0.4) is 0 Å². The van der Waals surface area contributed by atoms with Gasteiger partial charge in [-0.1, -0.05) is 30.3 Å². The third-order valence-electron chi connectivity index (χ3n) is 6.03. The summed E-state index contributed by atoms with van der Waals surface area (Å²) in [6, 6.07) is 10.7.